The molecule has 1 amide bonds. The van der Waals surface area contributed by atoms with Gasteiger partial charge in [-0.1, -0.05) is 66.4 Å². The van der Waals surface area contributed by atoms with Crippen molar-refractivity contribution in [2.45, 2.75) is 43.3 Å². The minimum absolute atomic E-state index is 0.0374. The molecule has 9 heteroatoms. The number of carbonyl (C=O) groups is 1. The molecule has 1 aromatic carbocycles. The molecule has 1 aliphatic heterocycles. The van der Waals surface area contributed by atoms with Gasteiger partial charge in [0.15, 0.2) is 5.16 Å². The summed E-state index contributed by atoms with van der Waals surface area (Å²) in [4.78, 5) is 25.8. The first-order chi connectivity index (χ1) is 15.1. The van der Waals surface area contributed by atoms with Crippen LogP contribution in [0.25, 0.3) is 0 Å². The summed E-state index contributed by atoms with van der Waals surface area (Å²) >= 11 is 13.9. The van der Waals surface area contributed by atoms with Gasteiger partial charge in [-0.05, 0) is 25.0 Å². The number of rotatable bonds is 6. The molecule has 0 atom stereocenters. The molecule has 2 fully saturated rings. The van der Waals surface area contributed by atoms with Gasteiger partial charge in [0, 0.05) is 38.3 Å². The summed E-state index contributed by atoms with van der Waals surface area (Å²) in [5.41, 5.74) is 1.06. The standard InChI is InChI=1S/C22H27Cl2N5OS/c23-17-8-4-5-9-18(17)28-10-12-29(13-11-28)20-14-19(24)26-22(27-20)31-15-21(30)25-16-6-2-1-3-7-16/h4-5,8-9,14,16H,1-3,6-7,10-13,15H2,(H,25,30). The van der Waals surface area contributed by atoms with Crippen LogP contribution in [-0.4, -0.2) is 53.8 Å². The highest BCUT2D eigenvalue weighted by molar-refractivity contribution is 7.99. The third-order valence-corrected chi connectivity index (χ3v) is 7.12. The average Bonchev–Trinajstić information content (AvgIpc) is 2.79. The van der Waals surface area contributed by atoms with E-state index < -0.39 is 0 Å². The summed E-state index contributed by atoms with van der Waals surface area (Å²) in [7, 11) is 0. The van der Waals surface area contributed by atoms with Crippen molar-refractivity contribution in [3.05, 3.63) is 40.5 Å². The van der Waals surface area contributed by atoms with Crippen molar-refractivity contribution >= 4 is 52.4 Å². The van der Waals surface area contributed by atoms with Gasteiger partial charge in [-0.25, -0.2) is 9.97 Å². The van der Waals surface area contributed by atoms with Crippen LogP contribution >= 0.6 is 35.0 Å². The van der Waals surface area contributed by atoms with Crippen LogP contribution in [0.3, 0.4) is 0 Å². The lowest BCUT2D eigenvalue weighted by Crippen LogP contribution is -2.47. The number of halogens is 2. The predicted octanol–water partition coefficient (Wildman–Crippen LogP) is 4.65. The molecule has 1 N–H and O–H groups in total. The third-order valence-electron chi connectivity index (χ3n) is 5.76. The normalized spacial score (nSPS) is 17.6. The van der Waals surface area contributed by atoms with Gasteiger partial charge in [0.25, 0.3) is 0 Å². The Morgan fingerprint density at radius 2 is 1.74 bits per heavy atom. The maximum Gasteiger partial charge on any atom is 0.230 e. The van der Waals surface area contributed by atoms with E-state index in [1.54, 1.807) is 6.07 Å². The van der Waals surface area contributed by atoms with Crippen LogP contribution in [-0.2, 0) is 4.79 Å². The summed E-state index contributed by atoms with van der Waals surface area (Å²) in [6.45, 7) is 3.31. The number of piperazine rings is 1. The number of para-hydroxylation sites is 1. The van der Waals surface area contributed by atoms with E-state index in [-0.39, 0.29) is 5.91 Å². The Bertz CT molecular complexity index is 901. The van der Waals surface area contributed by atoms with E-state index >= 15 is 0 Å². The van der Waals surface area contributed by atoms with Crippen LogP contribution < -0.4 is 15.1 Å². The van der Waals surface area contributed by atoms with Gasteiger partial charge in [-0.15, -0.1) is 0 Å². The summed E-state index contributed by atoms with van der Waals surface area (Å²) < 4.78 is 0. The van der Waals surface area contributed by atoms with Gasteiger partial charge in [0.05, 0.1) is 16.5 Å². The highest BCUT2D eigenvalue weighted by Crippen LogP contribution is 2.28. The molecule has 0 spiro atoms. The van der Waals surface area contributed by atoms with E-state index in [1.807, 2.05) is 24.3 Å². The molecule has 4 rings (SSSR count). The Balaban J connectivity index is 1.32. The maximum atomic E-state index is 12.3. The first kappa shape index (κ1) is 22.5. The SMILES string of the molecule is O=C(CSc1nc(Cl)cc(N2CCN(c3ccccc3Cl)CC2)n1)NC1CCCCC1. The summed E-state index contributed by atoms with van der Waals surface area (Å²) in [6.07, 6.45) is 5.82. The quantitative estimate of drug-likeness (QED) is 0.369. The molecule has 2 aromatic rings. The second-order valence-corrected chi connectivity index (χ2v) is 9.69. The highest BCUT2D eigenvalue weighted by atomic mass is 35.5. The molecule has 6 nitrogen and oxygen atoms in total. The zero-order valence-corrected chi connectivity index (χ0v) is 19.7. The first-order valence-corrected chi connectivity index (χ1v) is 12.5. The van der Waals surface area contributed by atoms with Crippen molar-refractivity contribution < 1.29 is 4.79 Å². The minimum Gasteiger partial charge on any atom is -0.367 e. The Morgan fingerprint density at radius 3 is 2.48 bits per heavy atom. The molecule has 2 heterocycles. The van der Waals surface area contributed by atoms with Crippen molar-refractivity contribution in [3.8, 4) is 0 Å². The molecule has 1 saturated heterocycles. The Morgan fingerprint density at radius 1 is 1.03 bits per heavy atom. The maximum absolute atomic E-state index is 12.3. The van der Waals surface area contributed by atoms with Crippen molar-refractivity contribution in [2.24, 2.45) is 0 Å². The third kappa shape index (κ3) is 6.18. The Kier molecular flexibility index (Phi) is 7.80. The van der Waals surface area contributed by atoms with E-state index in [0.717, 1.165) is 55.5 Å². The van der Waals surface area contributed by atoms with Crippen LogP contribution in [0.5, 0.6) is 0 Å². The van der Waals surface area contributed by atoms with Crippen LogP contribution in [0.4, 0.5) is 11.5 Å². The molecular weight excluding hydrogens is 453 g/mol. The zero-order chi connectivity index (χ0) is 21.6. The number of carbonyl (C=O) groups excluding carboxylic acids is 1. The van der Waals surface area contributed by atoms with Crippen molar-refractivity contribution in [1.82, 2.24) is 15.3 Å². The minimum atomic E-state index is 0.0374. The molecule has 2 aliphatic rings. The second kappa shape index (κ2) is 10.7. The first-order valence-electron chi connectivity index (χ1n) is 10.8. The Hall–Kier alpha value is -1.70. The van der Waals surface area contributed by atoms with Gasteiger partial charge in [0.1, 0.15) is 11.0 Å². The summed E-state index contributed by atoms with van der Waals surface area (Å²) in [5, 5.41) is 4.84. The molecule has 0 bridgehead atoms. The van der Waals surface area contributed by atoms with Gasteiger partial charge in [0.2, 0.25) is 5.91 Å². The number of hydrogen-bond acceptors (Lipinski definition) is 6. The monoisotopic (exact) mass is 479 g/mol. The average molecular weight is 480 g/mol. The largest absolute Gasteiger partial charge is 0.367 e. The van der Waals surface area contributed by atoms with Gasteiger partial charge in [-0.2, -0.15) is 0 Å². The van der Waals surface area contributed by atoms with Crippen molar-refractivity contribution in [2.75, 3.05) is 41.7 Å². The topological polar surface area (TPSA) is 61.4 Å². The summed E-state index contributed by atoms with van der Waals surface area (Å²) in [5.74, 6) is 1.14. The molecule has 1 saturated carbocycles. The predicted molar refractivity (Wildman–Crippen MR) is 129 cm³/mol. The second-order valence-electron chi connectivity index (χ2n) is 7.95. The molecular formula is C22H27Cl2N5OS. The van der Waals surface area contributed by atoms with Crippen LogP contribution in [0.2, 0.25) is 10.2 Å². The van der Waals surface area contributed by atoms with Gasteiger partial charge >= 0.3 is 0 Å². The lowest BCUT2D eigenvalue weighted by atomic mass is 9.95. The fourth-order valence-electron chi connectivity index (χ4n) is 4.14. The van der Waals surface area contributed by atoms with E-state index in [4.69, 9.17) is 23.2 Å². The fraction of sp³-hybridized carbons (Fsp3) is 0.500. The molecule has 1 aliphatic carbocycles. The van der Waals surface area contributed by atoms with Crippen LogP contribution in [0.1, 0.15) is 32.1 Å². The smallest absolute Gasteiger partial charge is 0.230 e. The number of hydrogen-bond donors (Lipinski definition) is 1. The number of thioether (sulfide) groups is 1. The highest BCUT2D eigenvalue weighted by Gasteiger charge is 2.21. The van der Waals surface area contributed by atoms with E-state index in [1.165, 1.54) is 31.0 Å². The molecule has 31 heavy (non-hydrogen) atoms. The Labute approximate surface area is 197 Å². The number of nitrogens with one attached hydrogen (secondary N) is 1. The van der Waals surface area contributed by atoms with Gasteiger partial charge in [-0.3, -0.25) is 4.79 Å². The number of amides is 1. The molecule has 0 radical (unpaired) electrons. The zero-order valence-electron chi connectivity index (χ0n) is 17.4. The summed E-state index contributed by atoms with van der Waals surface area (Å²) in [6, 6.07) is 10.0. The van der Waals surface area contributed by atoms with Crippen molar-refractivity contribution in [1.29, 1.82) is 0 Å². The van der Waals surface area contributed by atoms with Gasteiger partial charge < -0.3 is 15.1 Å². The van der Waals surface area contributed by atoms with E-state index in [9.17, 15) is 4.79 Å². The van der Waals surface area contributed by atoms with E-state index in [2.05, 4.69) is 25.1 Å². The van der Waals surface area contributed by atoms with Crippen LogP contribution in [0, 0.1) is 0 Å². The van der Waals surface area contributed by atoms with E-state index in [0.29, 0.717) is 22.1 Å². The lowest BCUT2D eigenvalue weighted by Gasteiger charge is -2.37. The molecule has 166 valence electrons. The van der Waals surface area contributed by atoms with Crippen LogP contribution in [0.15, 0.2) is 35.5 Å². The lowest BCUT2D eigenvalue weighted by molar-refractivity contribution is -0.119. The number of nitrogens with zero attached hydrogens (tertiary/aromatic N) is 4. The number of anilines is 2. The van der Waals surface area contributed by atoms with Crippen molar-refractivity contribution in [3.63, 3.8) is 0 Å². The number of aromatic nitrogens is 2. The number of benzene rings is 1. The molecule has 0 unspecified atom stereocenters. The molecule has 1 aromatic heterocycles. The fourth-order valence-corrected chi connectivity index (χ4v) is 5.29.